The zero-order chi connectivity index (χ0) is 36.6. The summed E-state index contributed by atoms with van der Waals surface area (Å²) in [5.74, 6) is -0.339. The van der Waals surface area contributed by atoms with E-state index in [-0.39, 0.29) is 18.9 Å². The van der Waals surface area contributed by atoms with E-state index in [9.17, 15) is 20.1 Å². The number of hydrogen-bond acceptors (Lipinski definition) is 4. The van der Waals surface area contributed by atoms with Crippen LogP contribution in [0.4, 0.5) is 0 Å². The number of carbonyl (C=O) groups is 1. The van der Waals surface area contributed by atoms with E-state index in [1.165, 1.54) is 122 Å². The van der Waals surface area contributed by atoms with Crippen LogP contribution in [-0.2, 0) is 4.79 Å². The molecule has 0 aliphatic rings. The van der Waals surface area contributed by atoms with Crippen molar-refractivity contribution in [1.29, 1.82) is 0 Å². The second kappa shape index (κ2) is 40.1. The van der Waals surface area contributed by atoms with Gasteiger partial charge in [-0.05, 0) is 57.8 Å². The van der Waals surface area contributed by atoms with Gasteiger partial charge in [-0.25, -0.2) is 0 Å². The normalized spacial score (nSPS) is 14.1. The van der Waals surface area contributed by atoms with Gasteiger partial charge in [-0.2, -0.15) is 0 Å². The van der Waals surface area contributed by atoms with Gasteiger partial charge in [0.1, 0.15) is 0 Å². The molecule has 0 radical (unpaired) electrons. The molecule has 0 saturated heterocycles. The zero-order valence-corrected chi connectivity index (χ0v) is 33.0. The molecule has 3 atom stereocenters. The third-order valence-corrected chi connectivity index (χ3v) is 9.62. The van der Waals surface area contributed by atoms with Crippen LogP contribution in [0.25, 0.3) is 0 Å². The smallest absolute Gasteiger partial charge is 0.222 e. The summed E-state index contributed by atoms with van der Waals surface area (Å²) in [6, 6.07) is -0.768. The number of aliphatic hydroxyl groups is 3. The predicted octanol–water partition coefficient (Wildman–Crippen LogP) is 12.2. The first-order chi connectivity index (χ1) is 24.5. The van der Waals surface area contributed by atoms with Gasteiger partial charge in [-0.15, -0.1) is 0 Å². The summed E-state index contributed by atoms with van der Waals surface area (Å²) in [5.41, 5.74) is 0. The summed E-state index contributed by atoms with van der Waals surface area (Å²) in [6.07, 6.45) is 51.1. The molecule has 3 unspecified atom stereocenters. The van der Waals surface area contributed by atoms with Crippen LogP contribution in [0, 0.1) is 0 Å². The quantitative estimate of drug-likeness (QED) is 0.0293. The van der Waals surface area contributed by atoms with Gasteiger partial charge < -0.3 is 20.6 Å². The Morgan fingerprint density at radius 2 is 0.920 bits per heavy atom. The van der Waals surface area contributed by atoms with Crippen molar-refractivity contribution in [2.24, 2.45) is 0 Å². The Morgan fingerprint density at radius 1 is 0.520 bits per heavy atom. The second-order valence-electron chi connectivity index (χ2n) is 14.6. The van der Waals surface area contributed by atoms with E-state index in [1.54, 1.807) is 6.08 Å². The highest BCUT2D eigenvalue weighted by atomic mass is 16.3. The number of hydrogen-bond donors (Lipinski definition) is 4. The first-order valence-corrected chi connectivity index (χ1v) is 21.4. The van der Waals surface area contributed by atoms with Gasteiger partial charge in [0, 0.05) is 0 Å². The fraction of sp³-hybridized carbons (Fsp3) is 0.800. The van der Waals surface area contributed by atoms with E-state index in [0.29, 0.717) is 6.42 Å². The Labute approximate surface area is 310 Å². The molecule has 1 amide bonds. The average Bonchev–Trinajstić information content (AvgIpc) is 3.11. The molecule has 0 aromatic carbocycles. The van der Waals surface area contributed by atoms with Gasteiger partial charge in [0.25, 0.3) is 0 Å². The largest absolute Gasteiger partial charge is 0.394 e. The number of carbonyl (C=O) groups excluding carboxylic acids is 1. The monoisotopic (exact) mass is 702 g/mol. The van der Waals surface area contributed by atoms with Gasteiger partial charge in [0.15, 0.2) is 0 Å². The minimum atomic E-state index is -0.958. The summed E-state index contributed by atoms with van der Waals surface area (Å²) in [4.78, 5) is 12.4. The van der Waals surface area contributed by atoms with Crippen molar-refractivity contribution in [3.05, 3.63) is 48.6 Å². The lowest BCUT2D eigenvalue weighted by Crippen LogP contribution is -2.45. The van der Waals surface area contributed by atoms with E-state index in [1.807, 2.05) is 6.08 Å². The summed E-state index contributed by atoms with van der Waals surface area (Å²) in [7, 11) is 0. The lowest BCUT2D eigenvalue weighted by atomic mass is 10.0. The molecule has 0 aromatic heterocycles. The minimum absolute atomic E-state index is 0.00947. The van der Waals surface area contributed by atoms with Crippen LogP contribution >= 0.6 is 0 Å². The zero-order valence-electron chi connectivity index (χ0n) is 33.0. The number of allylic oxidation sites excluding steroid dienone is 7. The molecule has 0 aromatic rings. The van der Waals surface area contributed by atoms with E-state index >= 15 is 0 Å². The fourth-order valence-corrected chi connectivity index (χ4v) is 6.29. The van der Waals surface area contributed by atoms with E-state index in [4.69, 9.17) is 0 Å². The van der Waals surface area contributed by atoms with Crippen LogP contribution in [0.3, 0.4) is 0 Å². The molecular formula is C45H83NO4. The lowest BCUT2D eigenvalue weighted by Gasteiger charge is -2.20. The number of nitrogens with one attached hydrogen (secondary N) is 1. The molecule has 5 nitrogen and oxygen atoms in total. The second-order valence-corrected chi connectivity index (χ2v) is 14.6. The minimum Gasteiger partial charge on any atom is -0.394 e. The molecule has 0 spiro atoms. The molecule has 0 heterocycles. The molecule has 5 heteroatoms. The molecule has 292 valence electrons. The molecule has 0 saturated carbocycles. The highest BCUT2D eigenvalue weighted by molar-refractivity contribution is 5.76. The highest BCUT2D eigenvalue weighted by Gasteiger charge is 2.20. The summed E-state index contributed by atoms with van der Waals surface area (Å²) in [6.45, 7) is 4.16. The Morgan fingerprint density at radius 3 is 1.44 bits per heavy atom. The Kier molecular flexibility index (Phi) is 38.7. The molecule has 4 N–H and O–H groups in total. The third-order valence-electron chi connectivity index (χ3n) is 9.62. The highest BCUT2D eigenvalue weighted by Crippen LogP contribution is 2.15. The van der Waals surface area contributed by atoms with Crippen LogP contribution < -0.4 is 5.32 Å². The maximum absolute atomic E-state index is 12.4. The Balaban J connectivity index is 3.73. The summed E-state index contributed by atoms with van der Waals surface area (Å²) in [5, 5.41) is 33.1. The van der Waals surface area contributed by atoms with Crippen molar-refractivity contribution < 1.29 is 20.1 Å². The van der Waals surface area contributed by atoms with Crippen molar-refractivity contribution in [3.8, 4) is 0 Å². The first-order valence-electron chi connectivity index (χ1n) is 21.4. The summed E-state index contributed by atoms with van der Waals surface area (Å²) < 4.78 is 0. The maximum atomic E-state index is 12.4. The van der Waals surface area contributed by atoms with Gasteiger partial charge in [0.05, 0.1) is 31.3 Å². The van der Waals surface area contributed by atoms with Gasteiger partial charge in [-0.1, -0.05) is 191 Å². The van der Waals surface area contributed by atoms with Crippen LogP contribution in [0.2, 0.25) is 0 Å². The number of rotatable bonds is 38. The SMILES string of the molecule is CCCCC/C=C\C=C/CCCCCCC(O)CC(=O)NC(CO)C(O)/C=C/CC/C=C/CCCCCCCCCCCCCCCCCC. The van der Waals surface area contributed by atoms with Gasteiger partial charge in [-0.3, -0.25) is 4.79 Å². The number of aliphatic hydroxyl groups excluding tert-OH is 3. The predicted molar refractivity (Wildman–Crippen MR) is 217 cm³/mol. The standard InChI is InChI=1S/C45H83NO4/c1-3-5-7-9-11-13-15-17-18-19-20-21-22-23-24-25-27-29-31-33-35-37-39-44(49)43(41-47)46-45(50)40-42(48)38-36-34-32-30-28-26-16-14-12-10-8-6-4-2/h12,14,16,26,29,31,37,39,42-44,47-49H,3-11,13,15,17-25,27-28,30,32-36,38,40-41H2,1-2H3,(H,46,50)/b14-12-,26-16-,31-29+,39-37+. The molecule has 50 heavy (non-hydrogen) atoms. The van der Waals surface area contributed by atoms with Crippen molar-refractivity contribution in [2.45, 2.75) is 225 Å². The number of amides is 1. The average molecular weight is 702 g/mol. The molecule has 0 aliphatic heterocycles. The third kappa shape index (κ3) is 36.1. The molecule has 0 aliphatic carbocycles. The molecule has 0 fully saturated rings. The lowest BCUT2D eigenvalue weighted by molar-refractivity contribution is -0.124. The first kappa shape index (κ1) is 48.3. The van der Waals surface area contributed by atoms with Crippen molar-refractivity contribution in [2.75, 3.05) is 6.61 Å². The van der Waals surface area contributed by atoms with Crippen LogP contribution in [-0.4, -0.2) is 46.1 Å². The van der Waals surface area contributed by atoms with E-state index < -0.39 is 18.2 Å². The Bertz CT molecular complexity index is 820. The van der Waals surface area contributed by atoms with Crippen molar-refractivity contribution >= 4 is 5.91 Å². The van der Waals surface area contributed by atoms with E-state index in [2.05, 4.69) is 55.6 Å². The van der Waals surface area contributed by atoms with Crippen molar-refractivity contribution in [3.63, 3.8) is 0 Å². The van der Waals surface area contributed by atoms with Gasteiger partial charge >= 0.3 is 0 Å². The van der Waals surface area contributed by atoms with Crippen LogP contribution in [0.15, 0.2) is 48.6 Å². The maximum Gasteiger partial charge on any atom is 0.222 e. The van der Waals surface area contributed by atoms with Crippen LogP contribution in [0.5, 0.6) is 0 Å². The summed E-state index contributed by atoms with van der Waals surface area (Å²) >= 11 is 0. The van der Waals surface area contributed by atoms with E-state index in [0.717, 1.165) is 57.8 Å². The molecular weight excluding hydrogens is 618 g/mol. The van der Waals surface area contributed by atoms with Gasteiger partial charge in [0.2, 0.25) is 5.91 Å². The fourth-order valence-electron chi connectivity index (χ4n) is 6.29. The molecule has 0 bridgehead atoms. The number of unbranched alkanes of at least 4 members (excludes halogenated alkanes) is 24. The van der Waals surface area contributed by atoms with Crippen molar-refractivity contribution in [1.82, 2.24) is 5.32 Å². The van der Waals surface area contributed by atoms with Crippen LogP contribution in [0.1, 0.15) is 206 Å². The topological polar surface area (TPSA) is 89.8 Å². The molecule has 0 rings (SSSR count). The Hall–Kier alpha value is -1.69.